The van der Waals surface area contributed by atoms with Crippen molar-refractivity contribution in [2.75, 3.05) is 0 Å². The highest BCUT2D eigenvalue weighted by molar-refractivity contribution is 5.76. The lowest BCUT2D eigenvalue weighted by Gasteiger charge is -2.21. The van der Waals surface area contributed by atoms with Crippen molar-refractivity contribution < 1.29 is 27.9 Å². The largest absolute Gasteiger partial charge is 0.480 e. The molecule has 1 aliphatic rings. The predicted molar refractivity (Wildman–Crippen MR) is 56.7 cm³/mol. The third kappa shape index (κ3) is 3.61. The first-order valence-electron chi connectivity index (χ1n) is 5.25. The van der Waals surface area contributed by atoms with Crippen molar-refractivity contribution in [3.05, 3.63) is 23.3 Å². The third-order valence-electron chi connectivity index (χ3n) is 2.55. The average Bonchev–Trinajstić information content (AvgIpc) is 2.27. The van der Waals surface area contributed by atoms with Gasteiger partial charge in [-0.2, -0.15) is 13.2 Å². The minimum absolute atomic E-state index is 0.0875. The van der Waals surface area contributed by atoms with E-state index in [0.717, 1.165) is 6.08 Å². The maximum absolute atomic E-state index is 12.7. The first-order valence-corrected chi connectivity index (χ1v) is 5.25. The van der Waals surface area contributed by atoms with Gasteiger partial charge in [0, 0.05) is 6.42 Å². The molecule has 7 heteroatoms. The molecule has 1 aliphatic carbocycles. The van der Waals surface area contributed by atoms with Crippen LogP contribution in [-0.4, -0.2) is 29.7 Å². The van der Waals surface area contributed by atoms with Gasteiger partial charge in [-0.3, -0.25) is 4.79 Å². The fourth-order valence-electron chi connectivity index (χ4n) is 1.74. The van der Waals surface area contributed by atoms with E-state index in [1.165, 1.54) is 6.08 Å². The lowest BCUT2D eigenvalue weighted by Crippen LogP contribution is -2.36. The molecule has 1 atom stereocenters. The molecule has 18 heavy (non-hydrogen) atoms. The minimum atomic E-state index is -4.50. The number of alkyl halides is 3. The second-order valence-corrected chi connectivity index (χ2v) is 3.80. The molecule has 1 amide bonds. The van der Waals surface area contributed by atoms with Crippen LogP contribution in [0, 0.1) is 0 Å². The highest BCUT2D eigenvalue weighted by Crippen LogP contribution is 2.36. The van der Waals surface area contributed by atoms with Crippen LogP contribution in [0.3, 0.4) is 0 Å². The zero-order valence-electron chi connectivity index (χ0n) is 9.33. The molecule has 0 saturated carbocycles. The summed E-state index contributed by atoms with van der Waals surface area (Å²) in [6.45, 7) is 0. The monoisotopic (exact) mass is 263 g/mol. The van der Waals surface area contributed by atoms with Gasteiger partial charge in [0.2, 0.25) is 6.41 Å². The Labute approximate surface area is 101 Å². The Hall–Kier alpha value is -1.79. The van der Waals surface area contributed by atoms with E-state index in [1.807, 2.05) is 5.32 Å². The molecule has 2 N–H and O–H groups in total. The van der Waals surface area contributed by atoms with Crippen molar-refractivity contribution in [2.45, 2.75) is 31.5 Å². The number of carboxylic acid groups (broad SMARTS) is 1. The summed E-state index contributed by atoms with van der Waals surface area (Å²) in [5.41, 5.74) is -0.900. The number of carboxylic acids is 1. The summed E-state index contributed by atoms with van der Waals surface area (Å²) in [7, 11) is 0. The topological polar surface area (TPSA) is 66.4 Å². The third-order valence-corrected chi connectivity index (χ3v) is 2.55. The number of nitrogens with one attached hydrogen (secondary N) is 1. The fraction of sp³-hybridized carbons (Fsp3) is 0.455. The molecule has 100 valence electrons. The zero-order valence-corrected chi connectivity index (χ0v) is 9.33. The Kier molecular flexibility index (Phi) is 4.52. The van der Waals surface area contributed by atoms with Gasteiger partial charge in [-0.1, -0.05) is 12.2 Å². The van der Waals surface area contributed by atoms with Crippen LogP contribution < -0.4 is 5.32 Å². The number of carbonyl (C=O) groups excluding carboxylic acids is 1. The molecule has 0 aromatic carbocycles. The molecule has 0 radical (unpaired) electrons. The van der Waals surface area contributed by atoms with Gasteiger partial charge < -0.3 is 10.4 Å². The molecule has 0 unspecified atom stereocenters. The summed E-state index contributed by atoms with van der Waals surface area (Å²) in [4.78, 5) is 21.0. The molecular formula is C11H12F3NO3. The van der Waals surface area contributed by atoms with Crippen LogP contribution in [0.2, 0.25) is 0 Å². The van der Waals surface area contributed by atoms with Gasteiger partial charge >= 0.3 is 12.1 Å². The highest BCUT2D eigenvalue weighted by atomic mass is 19.4. The number of carbonyl (C=O) groups is 2. The summed E-state index contributed by atoms with van der Waals surface area (Å²) in [5, 5.41) is 10.8. The van der Waals surface area contributed by atoms with Crippen molar-refractivity contribution in [3.8, 4) is 0 Å². The molecule has 0 bridgehead atoms. The summed E-state index contributed by atoms with van der Waals surface area (Å²) in [5.74, 6) is -1.37. The second-order valence-electron chi connectivity index (χ2n) is 3.80. The number of hydrogen-bond acceptors (Lipinski definition) is 2. The van der Waals surface area contributed by atoms with E-state index in [1.54, 1.807) is 0 Å². The van der Waals surface area contributed by atoms with Crippen LogP contribution in [0.4, 0.5) is 13.2 Å². The molecule has 0 aromatic heterocycles. The van der Waals surface area contributed by atoms with Crippen molar-refractivity contribution in [2.24, 2.45) is 0 Å². The first-order chi connectivity index (χ1) is 8.36. The SMILES string of the molecule is O=CN[C@@H](CC1=CCCC=C1C(F)(F)F)C(=O)O. The Morgan fingerprint density at radius 1 is 1.44 bits per heavy atom. The standard InChI is InChI=1S/C11H12F3NO3/c12-11(13,14)8-4-2-1-3-7(8)5-9(10(17)18)15-6-16/h3-4,6,9H,1-2,5H2,(H,15,16)(H,17,18)/t9-/m0/s1. The number of allylic oxidation sites excluding steroid dienone is 3. The molecule has 4 nitrogen and oxygen atoms in total. The van der Waals surface area contributed by atoms with E-state index < -0.39 is 23.8 Å². The van der Waals surface area contributed by atoms with Gasteiger partial charge in [-0.05, 0) is 18.4 Å². The minimum Gasteiger partial charge on any atom is -0.480 e. The maximum atomic E-state index is 12.7. The summed E-state index contributed by atoms with van der Waals surface area (Å²) < 4.78 is 38.0. The summed E-state index contributed by atoms with van der Waals surface area (Å²) >= 11 is 0. The second kappa shape index (κ2) is 5.70. The van der Waals surface area contributed by atoms with E-state index in [9.17, 15) is 22.8 Å². The van der Waals surface area contributed by atoms with Gasteiger partial charge in [0.25, 0.3) is 0 Å². The quantitative estimate of drug-likeness (QED) is 0.743. The van der Waals surface area contributed by atoms with Crippen LogP contribution >= 0.6 is 0 Å². The number of halogens is 3. The molecule has 0 fully saturated rings. The lowest BCUT2D eigenvalue weighted by atomic mass is 9.92. The van der Waals surface area contributed by atoms with E-state index >= 15 is 0 Å². The van der Waals surface area contributed by atoms with E-state index in [4.69, 9.17) is 5.11 Å². The normalized spacial score (nSPS) is 17.5. The Balaban J connectivity index is 2.87. The molecule has 0 aliphatic heterocycles. The van der Waals surface area contributed by atoms with E-state index in [-0.39, 0.29) is 24.8 Å². The highest BCUT2D eigenvalue weighted by Gasteiger charge is 2.37. The van der Waals surface area contributed by atoms with Crippen molar-refractivity contribution in [1.29, 1.82) is 0 Å². The van der Waals surface area contributed by atoms with Crippen LogP contribution in [0.25, 0.3) is 0 Å². The van der Waals surface area contributed by atoms with Crippen LogP contribution in [-0.2, 0) is 9.59 Å². The fourth-order valence-corrected chi connectivity index (χ4v) is 1.74. The van der Waals surface area contributed by atoms with Crippen molar-refractivity contribution >= 4 is 12.4 Å². The van der Waals surface area contributed by atoms with Gasteiger partial charge in [-0.25, -0.2) is 4.79 Å². The maximum Gasteiger partial charge on any atom is 0.416 e. The number of rotatable bonds is 5. The molecule has 0 spiro atoms. The predicted octanol–water partition coefficient (Wildman–Crippen LogP) is 1.78. The zero-order chi connectivity index (χ0) is 13.8. The Morgan fingerprint density at radius 3 is 2.56 bits per heavy atom. The lowest BCUT2D eigenvalue weighted by molar-refractivity contribution is -0.140. The summed E-state index contributed by atoms with van der Waals surface area (Å²) in [6.07, 6.45) is -1.59. The number of amides is 1. The Bertz CT molecular complexity index is 399. The molecule has 1 rings (SSSR count). The molecule has 0 saturated heterocycles. The van der Waals surface area contributed by atoms with Gasteiger partial charge in [0.15, 0.2) is 0 Å². The summed E-state index contributed by atoms with van der Waals surface area (Å²) in [6, 6.07) is -1.35. The number of hydrogen-bond donors (Lipinski definition) is 2. The van der Waals surface area contributed by atoms with Crippen LogP contribution in [0.5, 0.6) is 0 Å². The number of aliphatic carboxylic acids is 1. The average molecular weight is 263 g/mol. The van der Waals surface area contributed by atoms with Crippen LogP contribution in [0.1, 0.15) is 19.3 Å². The Morgan fingerprint density at radius 2 is 2.06 bits per heavy atom. The van der Waals surface area contributed by atoms with Crippen molar-refractivity contribution in [3.63, 3.8) is 0 Å². The van der Waals surface area contributed by atoms with Gasteiger partial charge in [0.1, 0.15) is 6.04 Å². The smallest absolute Gasteiger partial charge is 0.416 e. The molecular weight excluding hydrogens is 251 g/mol. The van der Waals surface area contributed by atoms with E-state index in [0.29, 0.717) is 6.42 Å². The van der Waals surface area contributed by atoms with Crippen LogP contribution in [0.15, 0.2) is 23.3 Å². The van der Waals surface area contributed by atoms with Crippen molar-refractivity contribution in [1.82, 2.24) is 5.32 Å². The van der Waals surface area contributed by atoms with Gasteiger partial charge in [0.05, 0.1) is 5.57 Å². The van der Waals surface area contributed by atoms with Gasteiger partial charge in [-0.15, -0.1) is 0 Å². The van der Waals surface area contributed by atoms with E-state index in [2.05, 4.69) is 0 Å². The molecule has 0 aromatic rings. The first kappa shape index (κ1) is 14.3. The molecule has 0 heterocycles.